The fraction of sp³-hybridized carbons (Fsp3) is 0.0444. The summed E-state index contributed by atoms with van der Waals surface area (Å²) in [6.45, 7) is 2.19. The van der Waals surface area contributed by atoms with Gasteiger partial charge in [-0.1, -0.05) is 146 Å². The summed E-state index contributed by atoms with van der Waals surface area (Å²) >= 11 is 0. The molecule has 0 radical (unpaired) electrons. The summed E-state index contributed by atoms with van der Waals surface area (Å²) in [6.07, 6.45) is 0.838. The largest absolute Gasteiger partial charge is 0.296 e. The molecule has 8 aromatic carbocycles. The van der Waals surface area contributed by atoms with Crippen LogP contribution in [0.4, 0.5) is 0 Å². The molecule has 0 unspecified atom stereocenters. The Bertz CT molecular complexity index is 2600. The summed E-state index contributed by atoms with van der Waals surface area (Å²) in [4.78, 5) is 5.06. The topological polar surface area (TPSA) is 17.8 Å². The summed E-state index contributed by atoms with van der Waals surface area (Å²) in [5.41, 5.74) is 10.7. The third kappa shape index (κ3) is 4.37. The average Bonchev–Trinajstić information content (AvgIpc) is 3.52. The first kappa shape index (κ1) is 27.3. The van der Waals surface area contributed by atoms with E-state index in [4.69, 9.17) is 4.98 Å². The number of imidazole rings is 1. The van der Waals surface area contributed by atoms with Crippen LogP contribution in [0.5, 0.6) is 0 Å². The highest BCUT2D eigenvalue weighted by Crippen LogP contribution is 2.47. The van der Waals surface area contributed by atoms with Crippen LogP contribution >= 0.6 is 0 Å². The highest BCUT2D eigenvalue weighted by Gasteiger charge is 2.22. The molecule has 0 aliphatic heterocycles. The first-order chi connectivity index (χ1) is 23.3. The van der Waals surface area contributed by atoms with Gasteiger partial charge >= 0.3 is 0 Å². The summed E-state index contributed by atoms with van der Waals surface area (Å²) < 4.78 is 2.36. The number of aromatic nitrogens is 2. The molecule has 0 bridgehead atoms. The van der Waals surface area contributed by atoms with Gasteiger partial charge in [-0.25, -0.2) is 4.98 Å². The lowest BCUT2D eigenvalue weighted by molar-refractivity contribution is 0.909. The van der Waals surface area contributed by atoms with Crippen LogP contribution in [0.15, 0.2) is 164 Å². The molecule has 0 saturated carbocycles. The summed E-state index contributed by atoms with van der Waals surface area (Å²) in [6, 6.07) is 59.5. The predicted molar refractivity (Wildman–Crippen MR) is 199 cm³/mol. The number of rotatable bonds is 5. The van der Waals surface area contributed by atoms with Gasteiger partial charge in [-0.2, -0.15) is 0 Å². The number of fused-ring (bicyclic) bond motifs is 4. The van der Waals surface area contributed by atoms with Crippen molar-refractivity contribution in [3.05, 3.63) is 170 Å². The van der Waals surface area contributed by atoms with Crippen LogP contribution in [-0.4, -0.2) is 9.55 Å². The second kappa shape index (κ2) is 11.1. The summed E-state index contributed by atoms with van der Waals surface area (Å²) in [5, 5.41) is 7.48. The molecule has 0 aliphatic rings. The van der Waals surface area contributed by atoms with Gasteiger partial charge < -0.3 is 0 Å². The molecule has 0 amide bonds. The van der Waals surface area contributed by atoms with E-state index in [0.29, 0.717) is 0 Å². The minimum atomic E-state index is 0.838. The Morgan fingerprint density at radius 3 is 1.91 bits per heavy atom. The number of para-hydroxylation sites is 3. The monoisotopic (exact) mass is 600 g/mol. The molecule has 1 heterocycles. The lowest BCUT2D eigenvalue weighted by Crippen LogP contribution is -2.03. The van der Waals surface area contributed by atoms with Crippen molar-refractivity contribution >= 4 is 43.4 Å². The molecular weight excluding hydrogens is 569 g/mol. The standard InChI is InChI=1S/C45H32N2/c1-2-43-46-40-24-11-13-26-42(40)47(43)41-25-12-10-22-38(41)44-35-20-8-9-21-36(35)45(34-23-14-18-31-17-6-7-19-33(31)34)39-29-32(27-28-37(39)44)30-15-4-3-5-16-30/h3-29H,2H2,1H3. The number of aryl methyl sites for hydroxylation is 1. The normalized spacial score (nSPS) is 11.6. The molecule has 0 spiro atoms. The third-order valence-electron chi connectivity index (χ3n) is 9.55. The number of nitrogens with zero attached hydrogens (tertiary/aromatic N) is 2. The Morgan fingerprint density at radius 1 is 0.468 bits per heavy atom. The van der Waals surface area contributed by atoms with Crippen molar-refractivity contribution in [1.82, 2.24) is 9.55 Å². The van der Waals surface area contributed by atoms with Crippen LogP contribution < -0.4 is 0 Å². The van der Waals surface area contributed by atoms with Gasteiger partial charge in [0.15, 0.2) is 0 Å². The molecule has 2 heteroatoms. The average molecular weight is 601 g/mol. The van der Waals surface area contributed by atoms with Gasteiger partial charge in [0, 0.05) is 12.0 Å². The van der Waals surface area contributed by atoms with Gasteiger partial charge in [-0.05, 0) is 84.4 Å². The third-order valence-corrected chi connectivity index (χ3v) is 9.55. The van der Waals surface area contributed by atoms with Gasteiger partial charge in [0.1, 0.15) is 5.82 Å². The van der Waals surface area contributed by atoms with E-state index in [2.05, 4.69) is 175 Å². The molecule has 0 atom stereocenters. The van der Waals surface area contributed by atoms with Crippen molar-refractivity contribution in [2.24, 2.45) is 0 Å². The van der Waals surface area contributed by atoms with Gasteiger partial charge in [0.2, 0.25) is 0 Å². The van der Waals surface area contributed by atoms with Gasteiger partial charge in [0.05, 0.1) is 16.7 Å². The van der Waals surface area contributed by atoms with E-state index in [1.54, 1.807) is 0 Å². The van der Waals surface area contributed by atoms with Crippen molar-refractivity contribution in [2.45, 2.75) is 13.3 Å². The van der Waals surface area contributed by atoms with Crippen molar-refractivity contribution < 1.29 is 0 Å². The van der Waals surface area contributed by atoms with Crippen molar-refractivity contribution in [3.8, 4) is 39.1 Å². The molecule has 0 aliphatic carbocycles. The zero-order valence-electron chi connectivity index (χ0n) is 26.2. The molecule has 0 fully saturated rings. The van der Waals surface area contributed by atoms with Crippen LogP contribution in [0.1, 0.15) is 12.7 Å². The maximum atomic E-state index is 5.06. The molecule has 2 nitrogen and oxygen atoms in total. The Kier molecular flexibility index (Phi) is 6.46. The first-order valence-electron chi connectivity index (χ1n) is 16.4. The molecule has 222 valence electrons. The second-order valence-corrected chi connectivity index (χ2v) is 12.2. The zero-order chi connectivity index (χ0) is 31.3. The highest BCUT2D eigenvalue weighted by atomic mass is 15.1. The molecule has 1 aromatic heterocycles. The van der Waals surface area contributed by atoms with Gasteiger partial charge in [-0.3, -0.25) is 4.57 Å². The number of hydrogen-bond acceptors (Lipinski definition) is 1. The highest BCUT2D eigenvalue weighted by molar-refractivity contribution is 6.24. The Hall–Kier alpha value is -5.99. The van der Waals surface area contributed by atoms with Crippen molar-refractivity contribution in [3.63, 3.8) is 0 Å². The van der Waals surface area contributed by atoms with E-state index in [0.717, 1.165) is 29.0 Å². The molecule has 9 rings (SSSR count). The minimum absolute atomic E-state index is 0.838. The fourth-order valence-corrected chi connectivity index (χ4v) is 7.47. The van der Waals surface area contributed by atoms with E-state index in [1.807, 2.05) is 0 Å². The predicted octanol–water partition coefficient (Wildman–Crippen LogP) is 12.0. The number of benzene rings is 8. The van der Waals surface area contributed by atoms with E-state index in [-0.39, 0.29) is 0 Å². The summed E-state index contributed by atoms with van der Waals surface area (Å²) in [5.74, 6) is 1.06. The van der Waals surface area contributed by atoms with Crippen molar-refractivity contribution in [1.29, 1.82) is 0 Å². The quantitative estimate of drug-likeness (QED) is 0.180. The molecule has 0 N–H and O–H groups in total. The van der Waals surface area contributed by atoms with E-state index >= 15 is 0 Å². The summed E-state index contributed by atoms with van der Waals surface area (Å²) in [7, 11) is 0. The van der Waals surface area contributed by atoms with Crippen LogP contribution in [0.25, 0.3) is 82.4 Å². The van der Waals surface area contributed by atoms with Crippen LogP contribution in [0, 0.1) is 0 Å². The van der Waals surface area contributed by atoms with Crippen LogP contribution in [-0.2, 0) is 6.42 Å². The maximum Gasteiger partial charge on any atom is 0.114 e. The smallest absolute Gasteiger partial charge is 0.114 e. The van der Waals surface area contributed by atoms with Gasteiger partial charge in [0.25, 0.3) is 0 Å². The second-order valence-electron chi connectivity index (χ2n) is 12.2. The fourth-order valence-electron chi connectivity index (χ4n) is 7.47. The minimum Gasteiger partial charge on any atom is -0.296 e. The number of hydrogen-bond donors (Lipinski definition) is 0. The first-order valence-corrected chi connectivity index (χ1v) is 16.4. The zero-order valence-corrected chi connectivity index (χ0v) is 26.2. The van der Waals surface area contributed by atoms with E-state index < -0.39 is 0 Å². The van der Waals surface area contributed by atoms with E-state index in [9.17, 15) is 0 Å². The Morgan fingerprint density at radius 2 is 1.09 bits per heavy atom. The van der Waals surface area contributed by atoms with E-state index in [1.165, 1.54) is 65.7 Å². The molecule has 0 saturated heterocycles. The lowest BCUT2D eigenvalue weighted by atomic mass is 9.83. The molecule has 9 aromatic rings. The lowest BCUT2D eigenvalue weighted by Gasteiger charge is -2.22. The maximum absolute atomic E-state index is 5.06. The SMILES string of the molecule is CCc1nc2ccccc2n1-c1ccccc1-c1c2ccccc2c(-c2cccc3ccccc23)c2cc(-c3ccccc3)ccc12. The Balaban J connectivity index is 1.45. The van der Waals surface area contributed by atoms with Crippen molar-refractivity contribution in [2.75, 3.05) is 0 Å². The molecule has 47 heavy (non-hydrogen) atoms. The Labute approximate surface area is 274 Å². The molecular formula is C45H32N2. The van der Waals surface area contributed by atoms with Gasteiger partial charge in [-0.15, -0.1) is 0 Å². The van der Waals surface area contributed by atoms with Crippen LogP contribution in [0.3, 0.4) is 0 Å². The van der Waals surface area contributed by atoms with Crippen LogP contribution in [0.2, 0.25) is 0 Å².